The number of hydrogen-bond donors (Lipinski definition) is 1. The lowest BCUT2D eigenvalue weighted by Crippen LogP contribution is -2.41. The van der Waals surface area contributed by atoms with Crippen molar-refractivity contribution in [3.05, 3.63) is 23.9 Å². The summed E-state index contributed by atoms with van der Waals surface area (Å²) in [5.41, 5.74) is 6.66. The molecule has 2 aliphatic rings. The summed E-state index contributed by atoms with van der Waals surface area (Å²) in [6, 6.07) is 6.90. The van der Waals surface area contributed by atoms with Crippen LogP contribution in [-0.2, 0) is 6.54 Å². The van der Waals surface area contributed by atoms with Gasteiger partial charge in [-0.1, -0.05) is 12.5 Å². The molecular weight excluding hydrogens is 236 g/mol. The Morgan fingerprint density at radius 1 is 1.16 bits per heavy atom. The van der Waals surface area contributed by atoms with Crippen LogP contribution in [0.25, 0.3) is 0 Å². The van der Waals surface area contributed by atoms with Crippen molar-refractivity contribution < 1.29 is 0 Å². The van der Waals surface area contributed by atoms with Gasteiger partial charge in [0.25, 0.3) is 0 Å². The first-order chi connectivity index (χ1) is 9.36. The van der Waals surface area contributed by atoms with E-state index in [4.69, 9.17) is 5.73 Å². The number of nitrogens with two attached hydrogens (primary N) is 1. The van der Waals surface area contributed by atoms with Crippen molar-refractivity contribution in [2.24, 2.45) is 5.73 Å². The van der Waals surface area contributed by atoms with E-state index in [1.165, 1.54) is 38.8 Å². The van der Waals surface area contributed by atoms with E-state index >= 15 is 0 Å². The molecule has 1 aromatic rings. The van der Waals surface area contributed by atoms with Gasteiger partial charge in [0.15, 0.2) is 0 Å². The summed E-state index contributed by atoms with van der Waals surface area (Å²) in [4.78, 5) is 9.73. The maximum absolute atomic E-state index is 5.67. The first kappa shape index (κ1) is 12.9. The lowest BCUT2D eigenvalue weighted by molar-refractivity contribution is 0.175. The lowest BCUT2D eigenvalue weighted by Gasteiger charge is -2.32. The summed E-state index contributed by atoms with van der Waals surface area (Å²) in [5.74, 6) is 1.10. The SMILES string of the molecule is NCc1cccc(N2CCC(N3CCCCC3)C2)n1. The van der Waals surface area contributed by atoms with Gasteiger partial charge in [0.05, 0.1) is 5.69 Å². The van der Waals surface area contributed by atoms with E-state index in [9.17, 15) is 0 Å². The smallest absolute Gasteiger partial charge is 0.128 e. The highest BCUT2D eigenvalue weighted by Crippen LogP contribution is 2.23. The molecule has 4 nitrogen and oxygen atoms in total. The van der Waals surface area contributed by atoms with Gasteiger partial charge in [-0.15, -0.1) is 0 Å². The van der Waals surface area contributed by atoms with Crippen LogP contribution in [0.1, 0.15) is 31.4 Å². The normalized spacial score (nSPS) is 24.9. The number of nitrogens with zero attached hydrogens (tertiary/aromatic N) is 3. The van der Waals surface area contributed by atoms with E-state index in [1.54, 1.807) is 0 Å². The van der Waals surface area contributed by atoms with Gasteiger partial charge >= 0.3 is 0 Å². The summed E-state index contributed by atoms with van der Waals surface area (Å²) in [6.07, 6.45) is 5.43. The van der Waals surface area contributed by atoms with Gasteiger partial charge in [0.2, 0.25) is 0 Å². The van der Waals surface area contributed by atoms with Gasteiger partial charge < -0.3 is 10.6 Å². The highest BCUT2D eigenvalue weighted by atomic mass is 15.3. The molecule has 2 saturated heterocycles. The minimum absolute atomic E-state index is 0.525. The second-order valence-corrected chi connectivity index (χ2v) is 5.68. The van der Waals surface area contributed by atoms with E-state index in [1.807, 2.05) is 6.07 Å². The largest absolute Gasteiger partial charge is 0.355 e. The molecule has 0 aromatic carbocycles. The number of piperidine rings is 1. The molecule has 1 atom stereocenters. The molecule has 3 heterocycles. The van der Waals surface area contributed by atoms with Gasteiger partial charge in [-0.3, -0.25) is 4.90 Å². The Labute approximate surface area is 115 Å². The quantitative estimate of drug-likeness (QED) is 0.897. The van der Waals surface area contributed by atoms with Crippen molar-refractivity contribution in [3.63, 3.8) is 0 Å². The number of aromatic nitrogens is 1. The molecule has 1 unspecified atom stereocenters. The highest BCUT2D eigenvalue weighted by molar-refractivity contribution is 5.41. The third-order valence-electron chi connectivity index (χ3n) is 4.40. The molecule has 2 fully saturated rings. The maximum Gasteiger partial charge on any atom is 0.128 e. The molecule has 104 valence electrons. The number of pyridine rings is 1. The van der Waals surface area contributed by atoms with Gasteiger partial charge in [-0.05, 0) is 44.5 Å². The van der Waals surface area contributed by atoms with Crippen molar-refractivity contribution in [3.8, 4) is 0 Å². The standard InChI is InChI=1S/C15H24N4/c16-11-13-5-4-6-15(17-13)19-10-7-14(12-19)18-8-2-1-3-9-18/h4-6,14H,1-3,7-12,16H2. The lowest BCUT2D eigenvalue weighted by atomic mass is 10.1. The van der Waals surface area contributed by atoms with Crippen molar-refractivity contribution >= 4 is 5.82 Å². The zero-order chi connectivity index (χ0) is 13.1. The fraction of sp³-hybridized carbons (Fsp3) is 0.667. The van der Waals surface area contributed by atoms with Crippen LogP contribution >= 0.6 is 0 Å². The Hall–Kier alpha value is -1.13. The first-order valence-corrected chi connectivity index (χ1v) is 7.52. The van der Waals surface area contributed by atoms with Crippen LogP contribution in [0.2, 0.25) is 0 Å². The van der Waals surface area contributed by atoms with E-state index in [0.717, 1.165) is 30.6 Å². The van der Waals surface area contributed by atoms with Gasteiger partial charge in [0.1, 0.15) is 5.82 Å². The second kappa shape index (κ2) is 5.88. The molecule has 0 bridgehead atoms. The topological polar surface area (TPSA) is 45.4 Å². The van der Waals surface area contributed by atoms with Crippen LogP contribution in [0, 0.1) is 0 Å². The molecule has 0 aliphatic carbocycles. The van der Waals surface area contributed by atoms with Crippen LogP contribution in [0.4, 0.5) is 5.82 Å². The zero-order valence-electron chi connectivity index (χ0n) is 11.6. The number of rotatable bonds is 3. The average Bonchev–Trinajstić information content (AvgIpc) is 2.98. The van der Waals surface area contributed by atoms with Gasteiger partial charge in [0, 0.05) is 25.7 Å². The minimum atomic E-state index is 0.525. The summed E-state index contributed by atoms with van der Waals surface area (Å²) in [5, 5.41) is 0. The molecule has 0 spiro atoms. The summed E-state index contributed by atoms with van der Waals surface area (Å²) in [7, 11) is 0. The molecule has 1 aromatic heterocycles. The van der Waals surface area contributed by atoms with Gasteiger partial charge in [-0.25, -0.2) is 4.98 Å². The number of anilines is 1. The third kappa shape index (κ3) is 2.90. The monoisotopic (exact) mass is 260 g/mol. The van der Waals surface area contributed by atoms with Crippen LogP contribution in [-0.4, -0.2) is 42.1 Å². The molecule has 4 heteroatoms. The zero-order valence-corrected chi connectivity index (χ0v) is 11.6. The average molecular weight is 260 g/mol. The van der Waals surface area contributed by atoms with Crippen LogP contribution in [0.3, 0.4) is 0 Å². The molecule has 2 N–H and O–H groups in total. The highest BCUT2D eigenvalue weighted by Gasteiger charge is 2.28. The predicted molar refractivity (Wildman–Crippen MR) is 78.2 cm³/mol. The Kier molecular flexibility index (Phi) is 3.99. The summed E-state index contributed by atoms with van der Waals surface area (Å²) < 4.78 is 0. The van der Waals surface area contributed by atoms with Crippen molar-refractivity contribution in [2.45, 2.75) is 38.3 Å². The predicted octanol–water partition coefficient (Wildman–Crippen LogP) is 1.60. The molecule has 0 amide bonds. The minimum Gasteiger partial charge on any atom is -0.355 e. The molecule has 0 radical (unpaired) electrons. The summed E-state index contributed by atoms with van der Waals surface area (Å²) in [6.45, 7) is 5.35. The second-order valence-electron chi connectivity index (χ2n) is 5.68. The fourth-order valence-electron chi connectivity index (χ4n) is 3.29. The first-order valence-electron chi connectivity index (χ1n) is 7.52. The Bertz CT molecular complexity index is 414. The fourth-order valence-corrected chi connectivity index (χ4v) is 3.29. The maximum atomic E-state index is 5.67. The van der Waals surface area contributed by atoms with E-state index in [2.05, 4.69) is 26.9 Å². The Morgan fingerprint density at radius 3 is 2.79 bits per heavy atom. The number of likely N-dealkylation sites (tertiary alicyclic amines) is 1. The van der Waals surface area contributed by atoms with Crippen molar-refractivity contribution in [2.75, 3.05) is 31.1 Å². The van der Waals surface area contributed by atoms with E-state index < -0.39 is 0 Å². The molecule has 19 heavy (non-hydrogen) atoms. The molecule has 0 saturated carbocycles. The van der Waals surface area contributed by atoms with Crippen molar-refractivity contribution in [1.29, 1.82) is 0 Å². The van der Waals surface area contributed by atoms with Gasteiger partial charge in [-0.2, -0.15) is 0 Å². The van der Waals surface area contributed by atoms with Crippen molar-refractivity contribution in [1.82, 2.24) is 9.88 Å². The number of hydrogen-bond acceptors (Lipinski definition) is 4. The summed E-state index contributed by atoms with van der Waals surface area (Å²) >= 11 is 0. The van der Waals surface area contributed by atoms with Crippen LogP contribution < -0.4 is 10.6 Å². The Balaban J connectivity index is 1.64. The third-order valence-corrected chi connectivity index (χ3v) is 4.40. The van der Waals surface area contributed by atoms with Crippen LogP contribution in [0.5, 0.6) is 0 Å². The Morgan fingerprint density at radius 2 is 2.00 bits per heavy atom. The van der Waals surface area contributed by atoms with Crippen LogP contribution in [0.15, 0.2) is 18.2 Å². The molecule has 3 rings (SSSR count). The van der Waals surface area contributed by atoms with E-state index in [0.29, 0.717) is 6.54 Å². The molecule has 2 aliphatic heterocycles. The van der Waals surface area contributed by atoms with E-state index in [-0.39, 0.29) is 0 Å². The molecular formula is C15H24N4.